The first-order valence-corrected chi connectivity index (χ1v) is 14.5. The van der Waals surface area contributed by atoms with E-state index in [-0.39, 0.29) is 23.3 Å². The van der Waals surface area contributed by atoms with E-state index in [9.17, 15) is 4.79 Å². The van der Waals surface area contributed by atoms with Gasteiger partial charge in [0.05, 0.1) is 6.61 Å². The van der Waals surface area contributed by atoms with Gasteiger partial charge in [0.2, 0.25) is 0 Å². The van der Waals surface area contributed by atoms with E-state index in [4.69, 9.17) is 20.7 Å². The topological polar surface area (TPSA) is 88.6 Å². The third-order valence-electron chi connectivity index (χ3n) is 6.23. The number of rotatable bonds is 16. The van der Waals surface area contributed by atoms with E-state index in [2.05, 4.69) is 59.8 Å². The predicted octanol–water partition coefficient (Wildman–Crippen LogP) is 7.49. The van der Waals surface area contributed by atoms with Crippen LogP contribution in [0.4, 0.5) is 5.69 Å². The Morgan fingerprint density at radius 1 is 1.19 bits per heavy atom. The van der Waals surface area contributed by atoms with Gasteiger partial charge in [-0.25, -0.2) is 0 Å². The summed E-state index contributed by atoms with van der Waals surface area (Å²) in [6.45, 7) is 15.2. The monoisotopic (exact) mass is 533 g/mol. The number of benzene rings is 1. The molecule has 1 rings (SSSR count). The van der Waals surface area contributed by atoms with Crippen LogP contribution in [0.2, 0.25) is 0 Å². The lowest BCUT2D eigenvalue weighted by molar-refractivity contribution is -0.184. The molecule has 7 heteroatoms. The second-order valence-corrected chi connectivity index (χ2v) is 12.5. The van der Waals surface area contributed by atoms with Crippen LogP contribution < -0.4 is 5.73 Å². The zero-order chi connectivity index (χ0) is 28.0. The Hall–Kier alpha value is -1.83. The van der Waals surface area contributed by atoms with Crippen LogP contribution in [-0.2, 0) is 20.8 Å². The van der Waals surface area contributed by atoms with Crippen molar-refractivity contribution in [3.63, 3.8) is 0 Å². The van der Waals surface area contributed by atoms with Crippen molar-refractivity contribution in [2.45, 2.75) is 99.1 Å². The van der Waals surface area contributed by atoms with Crippen LogP contribution in [0.25, 0.3) is 0 Å². The molecule has 0 saturated heterocycles. The molecule has 1 aromatic carbocycles. The van der Waals surface area contributed by atoms with E-state index in [0.717, 1.165) is 37.8 Å². The summed E-state index contributed by atoms with van der Waals surface area (Å²) in [6.07, 6.45) is 7.31. The number of carbonyl (C=O) groups excluding carboxylic acids is 1. The maximum absolute atomic E-state index is 11.9. The van der Waals surface area contributed by atoms with E-state index >= 15 is 0 Å². The fraction of sp³-hybridized carbons (Fsp3) is 0.667. The molecule has 0 aliphatic heterocycles. The van der Waals surface area contributed by atoms with Gasteiger partial charge in [0.25, 0.3) is 0 Å². The highest BCUT2D eigenvalue weighted by molar-refractivity contribution is 8.16. The van der Waals surface area contributed by atoms with E-state index < -0.39 is 6.10 Å². The molecule has 0 saturated carbocycles. The van der Waals surface area contributed by atoms with Crippen molar-refractivity contribution in [1.29, 1.82) is 5.41 Å². The van der Waals surface area contributed by atoms with Gasteiger partial charge >= 0.3 is 5.97 Å². The lowest BCUT2D eigenvalue weighted by Crippen LogP contribution is -2.41. The number of ether oxygens (including phenoxy) is 1. The number of nitrogen functional groups attached to an aromatic ring is 1. The SMILES string of the molecule is CCCCCON(C)C(CC(OC(C)=O)C(=N)S/C=C/C(Cc1ccc(N)cc1)CC(C)(C)C)C(C)C. The number of nitrogens with two attached hydrogens (primary N) is 1. The van der Waals surface area contributed by atoms with Crippen molar-refractivity contribution in [3.8, 4) is 0 Å². The summed E-state index contributed by atoms with van der Waals surface area (Å²) in [6, 6.07) is 8.07. The highest BCUT2D eigenvalue weighted by Crippen LogP contribution is 2.29. The number of allylic oxidation sites excluding steroid dienone is 1. The maximum atomic E-state index is 11.9. The number of carbonyl (C=O) groups is 1. The molecule has 3 unspecified atom stereocenters. The quantitative estimate of drug-likeness (QED) is 0.0571. The molecule has 0 aliphatic rings. The third kappa shape index (κ3) is 14.6. The van der Waals surface area contributed by atoms with Crippen LogP contribution in [0.5, 0.6) is 0 Å². The standard InChI is InChI=1S/C30H51N3O3S/c1-9-10-11-17-35-33(8)27(22(2)3)20-28(36-23(4)34)29(32)37-18-16-25(21-30(5,6)7)19-24-12-14-26(31)15-13-24/h12-16,18,22,25,27-28,32H,9-11,17,19-21,31H2,1-8H3/b18-16+,32-29?. The molecule has 0 bridgehead atoms. The molecule has 37 heavy (non-hydrogen) atoms. The number of anilines is 1. The Kier molecular flexibility index (Phi) is 15.2. The Bertz CT molecular complexity index is 833. The molecular weight excluding hydrogens is 482 g/mol. The fourth-order valence-corrected chi connectivity index (χ4v) is 5.12. The summed E-state index contributed by atoms with van der Waals surface area (Å²) >= 11 is 1.33. The Balaban J connectivity index is 2.90. The minimum absolute atomic E-state index is 0.0232. The number of hydrogen-bond donors (Lipinski definition) is 2. The molecule has 1 aromatic rings. The highest BCUT2D eigenvalue weighted by Gasteiger charge is 2.28. The van der Waals surface area contributed by atoms with Gasteiger partial charge in [-0.15, -0.1) is 0 Å². The van der Waals surface area contributed by atoms with Gasteiger partial charge in [0.15, 0.2) is 6.10 Å². The average molecular weight is 534 g/mol. The number of hydrogen-bond acceptors (Lipinski definition) is 7. The first-order valence-electron chi connectivity index (χ1n) is 13.6. The van der Waals surface area contributed by atoms with E-state index in [1.54, 1.807) is 0 Å². The van der Waals surface area contributed by atoms with E-state index in [1.165, 1.54) is 24.2 Å². The van der Waals surface area contributed by atoms with Crippen LogP contribution in [0.3, 0.4) is 0 Å². The minimum Gasteiger partial charge on any atom is -0.455 e. The summed E-state index contributed by atoms with van der Waals surface area (Å²) < 4.78 is 5.62. The molecule has 3 atom stereocenters. The molecule has 0 spiro atoms. The first-order chi connectivity index (χ1) is 17.3. The van der Waals surface area contributed by atoms with Gasteiger partial charge in [0.1, 0.15) is 5.04 Å². The number of nitrogens with zero attached hydrogens (tertiary/aromatic N) is 1. The lowest BCUT2D eigenvalue weighted by Gasteiger charge is -2.33. The van der Waals surface area contributed by atoms with Gasteiger partial charge in [-0.1, -0.05) is 84.4 Å². The maximum Gasteiger partial charge on any atom is 0.303 e. The normalized spacial score (nSPS) is 14.8. The molecule has 0 heterocycles. The number of unbranched alkanes of at least 4 members (excludes halogenated alkanes) is 2. The van der Waals surface area contributed by atoms with E-state index in [0.29, 0.717) is 24.0 Å². The highest BCUT2D eigenvalue weighted by atomic mass is 32.2. The Morgan fingerprint density at radius 3 is 2.38 bits per heavy atom. The Morgan fingerprint density at radius 2 is 1.84 bits per heavy atom. The summed E-state index contributed by atoms with van der Waals surface area (Å²) in [5.41, 5.74) is 8.04. The number of nitrogens with one attached hydrogen (secondary N) is 1. The number of hydroxylamine groups is 2. The number of esters is 1. The molecule has 0 aliphatic carbocycles. The van der Waals surface area contributed by atoms with Crippen molar-refractivity contribution in [3.05, 3.63) is 41.3 Å². The number of thioether (sulfide) groups is 1. The van der Waals surface area contributed by atoms with Crippen LogP contribution >= 0.6 is 11.8 Å². The molecule has 3 N–H and O–H groups in total. The van der Waals surface area contributed by atoms with Crippen molar-refractivity contribution in [1.82, 2.24) is 5.06 Å². The average Bonchev–Trinajstić information content (AvgIpc) is 2.79. The molecule has 0 aromatic heterocycles. The fourth-order valence-electron chi connectivity index (χ4n) is 4.38. The predicted molar refractivity (Wildman–Crippen MR) is 159 cm³/mol. The largest absolute Gasteiger partial charge is 0.455 e. The zero-order valence-corrected chi connectivity index (χ0v) is 25.2. The van der Waals surface area contributed by atoms with E-state index in [1.807, 2.05) is 29.7 Å². The second kappa shape index (κ2) is 16.9. The molecule has 0 radical (unpaired) electrons. The molecular formula is C30H51N3O3S. The van der Waals surface area contributed by atoms with Crippen LogP contribution in [-0.4, -0.2) is 41.9 Å². The summed E-state index contributed by atoms with van der Waals surface area (Å²) in [7, 11) is 1.94. The second-order valence-electron chi connectivity index (χ2n) is 11.5. The molecule has 6 nitrogen and oxygen atoms in total. The minimum atomic E-state index is -0.612. The first kappa shape index (κ1) is 33.2. The third-order valence-corrected chi connectivity index (χ3v) is 7.04. The Labute approximate surface area is 230 Å². The van der Waals surface area contributed by atoms with Crippen LogP contribution in [0.15, 0.2) is 35.7 Å². The van der Waals surface area contributed by atoms with Gasteiger partial charge in [0, 0.05) is 32.1 Å². The van der Waals surface area contributed by atoms with Crippen LogP contribution in [0.1, 0.15) is 86.1 Å². The molecule has 210 valence electrons. The van der Waals surface area contributed by atoms with Crippen LogP contribution in [0, 0.1) is 22.7 Å². The summed E-state index contributed by atoms with van der Waals surface area (Å²) in [5, 5.41) is 12.9. The van der Waals surface area contributed by atoms with Crippen molar-refractivity contribution in [2.75, 3.05) is 19.4 Å². The van der Waals surface area contributed by atoms with Gasteiger partial charge < -0.3 is 10.5 Å². The lowest BCUT2D eigenvalue weighted by atomic mass is 9.82. The van der Waals surface area contributed by atoms with Crippen molar-refractivity contribution < 1.29 is 14.4 Å². The zero-order valence-electron chi connectivity index (χ0n) is 24.4. The molecule has 0 fully saturated rings. The van der Waals surface area contributed by atoms with Crippen molar-refractivity contribution >= 4 is 28.5 Å². The molecule has 0 amide bonds. The van der Waals surface area contributed by atoms with Gasteiger partial charge in [-0.05, 0) is 59.6 Å². The van der Waals surface area contributed by atoms with Gasteiger partial charge in [-0.3, -0.25) is 15.0 Å². The summed E-state index contributed by atoms with van der Waals surface area (Å²) in [4.78, 5) is 17.9. The summed E-state index contributed by atoms with van der Waals surface area (Å²) in [5.74, 6) is 0.225. The van der Waals surface area contributed by atoms with Gasteiger partial charge in [-0.2, -0.15) is 5.06 Å². The van der Waals surface area contributed by atoms with Crippen molar-refractivity contribution in [2.24, 2.45) is 17.3 Å². The smallest absolute Gasteiger partial charge is 0.303 e.